The molecule has 1 atom stereocenters. The van der Waals surface area contributed by atoms with E-state index in [1.807, 2.05) is 35.7 Å². The fourth-order valence-corrected chi connectivity index (χ4v) is 4.23. The molecule has 1 fully saturated rings. The van der Waals surface area contributed by atoms with Crippen LogP contribution in [0.1, 0.15) is 30.3 Å². The summed E-state index contributed by atoms with van der Waals surface area (Å²) in [5.41, 5.74) is 5.50. The number of aromatic nitrogens is 2. The molecule has 2 N–H and O–H groups in total. The SMILES string of the molecule is Cc1cccc(N2CCN(CCC(C)NC(=O)NCc3cn4c(C)cccc4n3)CC2)c1. The van der Waals surface area contributed by atoms with Gasteiger partial charge in [0.2, 0.25) is 0 Å². The van der Waals surface area contributed by atoms with E-state index in [1.165, 1.54) is 11.3 Å². The fraction of sp³-hybridized carbons (Fsp3) is 0.440. The normalized spacial score (nSPS) is 15.7. The van der Waals surface area contributed by atoms with Crippen molar-refractivity contribution in [2.45, 2.75) is 39.8 Å². The molecule has 1 aliphatic heterocycles. The molecular formula is C25H34N6O. The second-order valence-corrected chi connectivity index (χ2v) is 8.81. The summed E-state index contributed by atoms with van der Waals surface area (Å²) in [6.45, 7) is 11.9. The highest BCUT2D eigenvalue weighted by Crippen LogP contribution is 2.18. The number of amides is 2. The van der Waals surface area contributed by atoms with E-state index in [-0.39, 0.29) is 12.1 Å². The number of rotatable bonds is 7. The van der Waals surface area contributed by atoms with Crippen molar-refractivity contribution in [1.29, 1.82) is 0 Å². The maximum absolute atomic E-state index is 12.3. The Morgan fingerprint density at radius 1 is 1.09 bits per heavy atom. The predicted molar refractivity (Wildman–Crippen MR) is 129 cm³/mol. The molecule has 1 unspecified atom stereocenters. The van der Waals surface area contributed by atoms with Crippen LogP contribution in [-0.4, -0.2) is 59.1 Å². The van der Waals surface area contributed by atoms with Crippen molar-refractivity contribution in [2.75, 3.05) is 37.6 Å². The van der Waals surface area contributed by atoms with Crippen LogP contribution in [-0.2, 0) is 6.54 Å². The molecule has 3 heterocycles. The minimum atomic E-state index is -0.143. The van der Waals surface area contributed by atoms with Crippen LogP contribution in [0.15, 0.2) is 48.7 Å². The van der Waals surface area contributed by atoms with E-state index < -0.39 is 0 Å². The second-order valence-electron chi connectivity index (χ2n) is 8.81. The first-order valence-corrected chi connectivity index (χ1v) is 11.5. The zero-order chi connectivity index (χ0) is 22.5. The van der Waals surface area contributed by atoms with Crippen LogP contribution in [0.5, 0.6) is 0 Å². The minimum absolute atomic E-state index is 0.119. The highest BCUT2D eigenvalue weighted by atomic mass is 16.2. The van der Waals surface area contributed by atoms with Gasteiger partial charge in [0.1, 0.15) is 5.65 Å². The third-order valence-corrected chi connectivity index (χ3v) is 6.17. The van der Waals surface area contributed by atoms with Gasteiger partial charge < -0.3 is 19.9 Å². The van der Waals surface area contributed by atoms with E-state index in [2.05, 4.69) is 63.5 Å². The summed E-state index contributed by atoms with van der Waals surface area (Å²) >= 11 is 0. The number of fused-ring (bicyclic) bond motifs is 1. The summed E-state index contributed by atoms with van der Waals surface area (Å²) in [4.78, 5) is 21.8. The summed E-state index contributed by atoms with van der Waals surface area (Å²) in [6.07, 6.45) is 2.91. The molecule has 0 bridgehead atoms. The van der Waals surface area contributed by atoms with Crippen LogP contribution in [0.4, 0.5) is 10.5 Å². The maximum Gasteiger partial charge on any atom is 0.315 e. The zero-order valence-electron chi connectivity index (χ0n) is 19.3. The summed E-state index contributed by atoms with van der Waals surface area (Å²) in [7, 11) is 0. The van der Waals surface area contributed by atoms with Gasteiger partial charge in [0.15, 0.2) is 0 Å². The van der Waals surface area contributed by atoms with Crippen LogP contribution in [0, 0.1) is 13.8 Å². The Morgan fingerprint density at radius 3 is 2.62 bits per heavy atom. The number of imidazole rings is 1. The molecule has 0 spiro atoms. The van der Waals surface area contributed by atoms with Crippen molar-refractivity contribution in [3.8, 4) is 0 Å². The average Bonchev–Trinajstić information content (AvgIpc) is 3.21. The number of aryl methyl sites for hydroxylation is 2. The number of carbonyl (C=O) groups excluding carboxylic acids is 1. The number of urea groups is 1. The van der Waals surface area contributed by atoms with Crippen molar-refractivity contribution in [3.63, 3.8) is 0 Å². The van der Waals surface area contributed by atoms with E-state index in [9.17, 15) is 4.79 Å². The molecule has 1 saturated heterocycles. The molecule has 7 heteroatoms. The van der Waals surface area contributed by atoms with Gasteiger partial charge in [0.25, 0.3) is 0 Å². The molecule has 2 amide bonds. The minimum Gasteiger partial charge on any atom is -0.369 e. The van der Waals surface area contributed by atoms with Gasteiger partial charge in [0.05, 0.1) is 12.2 Å². The van der Waals surface area contributed by atoms with Gasteiger partial charge in [0, 0.05) is 56.3 Å². The first kappa shape index (κ1) is 22.1. The van der Waals surface area contributed by atoms with Crippen LogP contribution in [0.2, 0.25) is 0 Å². The molecule has 4 rings (SSSR count). The molecule has 0 saturated carbocycles. The number of piperazine rings is 1. The maximum atomic E-state index is 12.3. The van der Waals surface area contributed by atoms with E-state index in [1.54, 1.807) is 0 Å². The Morgan fingerprint density at radius 2 is 1.88 bits per heavy atom. The van der Waals surface area contributed by atoms with Gasteiger partial charge in [-0.2, -0.15) is 0 Å². The first-order valence-electron chi connectivity index (χ1n) is 11.5. The van der Waals surface area contributed by atoms with Crippen molar-refractivity contribution in [2.24, 2.45) is 0 Å². The molecule has 7 nitrogen and oxygen atoms in total. The molecular weight excluding hydrogens is 400 g/mol. The van der Waals surface area contributed by atoms with Crippen LogP contribution in [0.25, 0.3) is 5.65 Å². The molecule has 0 radical (unpaired) electrons. The molecule has 170 valence electrons. The topological polar surface area (TPSA) is 64.9 Å². The van der Waals surface area contributed by atoms with Crippen molar-refractivity contribution in [1.82, 2.24) is 24.9 Å². The van der Waals surface area contributed by atoms with Crippen molar-refractivity contribution < 1.29 is 4.79 Å². The third-order valence-electron chi connectivity index (χ3n) is 6.17. The summed E-state index contributed by atoms with van der Waals surface area (Å²) in [5, 5.41) is 5.98. The lowest BCUT2D eigenvalue weighted by Crippen LogP contribution is -2.48. The number of hydrogen-bond acceptors (Lipinski definition) is 4. The van der Waals surface area contributed by atoms with Gasteiger partial charge in [-0.3, -0.25) is 4.90 Å². The van der Waals surface area contributed by atoms with Crippen molar-refractivity contribution in [3.05, 3.63) is 65.6 Å². The lowest BCUT2D eigenvalue weighted by molar-refractivity contribution is 0.227. The van der Waals surface area contributed by atoms with Crippen LogP contribution >= 0.6 is 0 Å². The Labute approximate surface area is 190 Å². The smallest absolute Gasteiger partial charge is 0.315 e. The summed E-state index contributed by atoms with van der Waals surface area (Å²) in [5.74, 6) is 0. The number of nitrogens with one attached hydrogen (secondary N) is 2. The predicted octanol–water partition coefficient (Wildman–Crippen LogP) is 3.35. The number of hydrogen-bond donors (Lipinski definition) is 2. The number of anilines is 1. The molecule has 3 aromatic rings. The number of benzene rings is 1. The standard InChI is InChI=1S/C25H34N6O/c1-19-6-4-8-23(16-19)30-14-12-29(13-15-30)11-10-20(2)27-25(32)26-17-22-18-31-21(3)7-5-9-24(31)28-22/h4-9,16,18,20H,10-15,17H2,1-3H3,(H2,26,27,32). The Kier molecular flexibility index (Phi) is 6.95. The largest absolute Gasteiger partial charge is 0.369 e. The number of nitrogens with zero attached hydrogens (tertiary/aromatic N) is 4. The lowest BCUT2D eigenvalue weighted by atomic mass is 10.1. The van der Waals surface area contributed by atoms with E-state index in [4.69, 9.17) is 0 Å². The first-order chi connectivity index (χ1) is 15.5. The molecule has 2 aromatic heterocycles. The number of pyridine rings is 1. The lowest BCUT2D eigenvalue weighted by Gasteiger charge is -2.36. The fourth-order valence-electron chi connectivity index (χ4n) is 4.23. The Hall–Kier alpha value is -3.06. The molecule has 32 heavy (non-hydrogen) atoms. The summed E-state index contributed by atoms with van der Waals surface area (Å²) < 4.78 is 2.04. The second kappa shape index (κ2) is 10.0. The third kappa shape index (κ3) is 5.59. The Balaban J connectivity index is 1.16. The molecule has 1 aromatic carbocycles. The Bertz CT molecular complexity index is 1050. The molecule has 1 aliphatic rings. The van der Waals surface area contributed by atoms with Gasteiger partial charge in [-0.05, 0) is 57.0 Å². The van der Waals surface area contributed by atoms with E-state index >= 15 is 0 Å². The quantitative estimate of drug-likeness (QED) is 0.599. The number of carbonyl (C=O) groups is 1. The van der Waals surface area contributed by atoms with Gasteiger partial charge in [-0.25, -0.2) is 9.78 Å². The van der Waals surface area contributed by atoms with Gasteiger partial charge in [-0.1, -0.05) is 18.2 Å². The molecule has 0 aliphatic carbocycles. The van der Waals surface area contributed by atoms with E-state index in [0.29, 0.717) is 6.54 Å². The summed E-state index contributed by atoms with van der Waals surface area (Å²) in [6, 6.07) is 14.7. The highest BCUT2D eigenvalue weighted by molar-refractivity contribution is 5.74. The highest BCUT2D eigenvalue weighted by Gasteiger charge is 2.18. The zero-order valence-corrected chi connectivity index (χ0v) is 19.3. The van der Waals surface area contributed by atoms with E-state index in [0.717, 1.165) is 56.2 Å². The van der Waals surface area contributed by atoms with Crippen LogP contribution < -0.4 is 15.5 Å². The van der Waals surface area contributed by atoms with Gasteiger partial charge in [-0.15, -0.1) is 0 Å². The van der Waals surface area contributed by atoms with Gasteiger partial charge >= 0.3 is 6.03 Å². The monoisotopic (exact) mass is 434 g/mol. The van der Waals surface area contributed by atoms with Crippen LogP contribution in [0.3, 0.4) is 0 Å². The van der Waals surface area contributed by atoms with Crippen molar-refractivity contribution >= 4 is 17.4 Å². The average molecular weight is 435 g/mol.